The van der Waals surface area contributed by atoms with Gasteiger partial charge in [-0.1, -0.05) is 92.7 Å². The van der Waals surface area contributed by atoms with Crippen LogP contribution in [0.2, 0.25) is 0 Å². The van der Waals surface area contributed by atoms with Crippen molar-refractivity contribution in [1.82, 2.24) is 0 Å². The molecule has 0 bridgehead atoms. The summed E-state index contributed by atoms with van der Waals surface area (Å²) in [6, 6.07) is 40.9. The van der Waals surface area contributed by atoms with E-state index in [1.165, 1.54) is 75.1 Å². The second-order valence-corrected chi connectivity index (χ2v) is 11.7. The third-order valence-electron chi connectivity index (χ3n) is 8.24. The first kappa shape index (κ1) is 20.3. The monoisotopic (exact) mass is 476 g/mol. The van der Waals surface area contributed by atoms with Gasteiger partial charge in [0.25, 0.3) is 0 Å². The Morgan fingerprint density at radius 2 is 1.25 bits per heavy atom. The van der Waals surface area contributed by atoms with Gasteiger partial charge in [0.05, 0.1) is 0 Å². The average Bonchev–Trinajstić information content (AvgIpc) is 3.38. The van der Waals surface area contributed by atoms with Gasteiger partial charge in [-0.15, -0.1) is 11.3 Å². The van der Waals surface area contributed by atoms with Crippen molar-refractivity contribution >= 4 is 53.1 Å². The number of hydrogen-bond donors (Lipinski definition) is 0. The summed E-state index contributed by atoms with van der Waals surface area (Å²) >= 11 is 1.90. The smallest absolute Gasteiger partial charge is 0.0361 e. The highest BCUT2D eigenvalue weighted by molar-refractivity contribution is 7.25. The van der Waals surface area contributed by atoms with Crippen molar-refractivity contribution in [2.75, 3.05) is 0 Å². The van der Waals surface area contributed by atoms with E-state index in [0.29, 0.717) is 0 Å². The molecule has 0 saturated heterocycles. The van der Waals surface area contributed by atoms with Gasteiger partial charge in [0, 0.05) is 25.6 Å². The lowest BCUT2D eigenvalue weighted by Crippen LogP contribution is -2.15. The van der Waals surface area contributed by atoms with Gasteiger partial charge < -0.3 is 0 Å². The molecular weight excluding hydrogens is 452 g/mol. The zero-order valence-electron chi connectivity index (χ0n) is 20.3. The summed E-state index contributed by atoms with van der Waals surface area (Å²) in [4.78, 5) is 0. The highest BCUT2D eigenvalue weighted by Gasteiger charge is 2.36. The van der Waals surface area contributed by atoms with Crippen molar-refractivity contribution < 1.29 is 0 Å². The molecule has 170 valence electrons. The van der Waals surface area contributed by atoms with Crippen molar-refractivity contribution in [1.29, 1.82) is 0 Å². The molecule has 8 rings (SSSR count). The van der Waals surface area contributed by atoms with Crippen LogP contribution in [0.4, 0.5) is 0 Å². The molecule has 1 heteroatoms. The first-order chi connectivity index (χ1) is 17.6. The van der Waals surface area contributed by atoms with Gasteiger partial charge in [-0.05, 0) is 85.3 Å². The van der Waals surface area contributed by atoms with Gasteiger partial charge in [0.1, 0.15) is 0 Å². The van der Waals surface area contributed by atoms with E-state index in [1.807, 2.05) is 11.3 Å². The lowest BCUT2D eigenvalue weighted by molar-refractivity contribution is 0.661. The molecule has 1 heterocycles. The van der Waals surface area contributed by atoms with Gasteiger partial charge in [0.2, 0.25) is 0 Å². The van der Waals surface area contributed by atoms with Gasteiger partial charge in [0.15, 0.2) is 0 Å². The highest BCUT2D eigenvalue weighted by Crippen LogP contribution is 2.53. The number of hydrogen-bond acceptors (Lipinski definition) is 1. The SMILES string of the molecule is CC1(C)c2cc(-c3ccc4ccccc4c3)ccc2-c2c1ccc1cc3sc4ccccc4c3cc21. The zero-order valence-corrected chi connectivity index (χ0v) is 21.1. The molecular formula is C35H24S. The van der Waals surface area contributed by atoms with Crippen LogP contribution in [0.3, 0.4) is 0 Å². The molecule has 1 aliphatic rings. The van der Waals surface area contributed by atoms with E-state index >= 15 is 0 Å². The first-order valence-electron chi connectivity index (χ1n) is 12.6. The summed E-state index contributed by atoms with van der Waals surface area (Å²) in [5.74, 6) is 0. The number of rotatable bonds is 1. The van der Waals surface area contributed by atoms with E-state index in [0.717, 1.165) is 0 Å². The Balaban J connectivity index is 1.37. The van der Waals surface area contributed by atoms with Gasteiger partial charge in [-0.2, -0.15) is 0 Å². The van der Waals surface area contributed by atoms with Gasteiger partial charge >= 0.3 is 0 Å². The van der Waals surface area contributed by atoms with Crippen molar-refractivity contribution in [3.63, 3.8) is 0 Å². The van der Waals surface area contributed by atoms with E-state index in [9.17, 15) is 0 Å². The Bertz CT molecular complexity index is 2020. The van der Waals surface area contributed by atoms with E-state index in [-0.39, 0.29) is 5.41 Å². The van der Waals surface area contributed by atoms with Crippen LogP contribution in [0, 0.1) is 0 Å². The summed E-state index contributed by atoms with van der Waals surface area (Å²) in [5, 5.41) is 8.01. The molecule has 6 aromatic carbocycles. The molecule has 0 aliphatic heterocycles. The second-order valence-electron chi connectivity index (χ2n) is 10.6. The van der Waals surface area contributed by atoms with Gasteiger partial charge in [-0.25, -0.2) is 0 Å². The number of benzene rings is 6. The van der Waals surface area contributed by atoms with Crippen LogP contribution in [-0.2, 0) is 5.41 Å². The van der Waals surface area contributed by atoms with Crippen molar-refractivity contribution in [3.05, 3.63) is 120 Å². The summed E-state index contributed by atoms with van der Waals surface area (Å²) in [5.41, 5.74) is 8.16. The standard InChI is InChI=1S/C35H24S/c1-35(2)30-16-14-25-19-33-29(26-9-5-6-10-32(26)36-33)20-28(25)34(30)27-15-13-24(18-31(27)35)23-12-11-21-7-3-4-8-22(21)17-23/h3-20H,1-2H3. The zero-order chi connectivity index (χ0) is 24.0. The molecule has 0 N–H and O–H groups in total. The fourth-order valence-electron chi connectivity index (χ4n) is 6.33. The average molecular weight is 477 g/mol. The third kappa shape index (κ3) is 2.69. The maximum absolute atomic E-state index is 2.45. The fourth-order valence-corrected chi connectivity index (χ4v) is 7.46. The minimum absolute atomic E-state index is 0.0443. The van der Waals surface area contributed by atoms with Gasteiger partial charge in [-0.3, -0.25) is 0 Å². The van der Waals surface area contributed by atoms with Crippen LogP contribution in [0.15, 0.2) is 109 Å². The van der Waals surface area contributed by atoms with Crippen molar-refractivity contribution in [2.24, 2.45) is 0 Å². The lowest BCUT2D eigenvalue weighted by Gasteiger charge is -2.22. The maximum atomic E-state index is 2.45. The molecule has 7 aromatic rings. The van der Waals surface area contributed by atoms with Crippen LogP contribution >= 0.6 is 11.3 Å². The summed E-state index contributed by atoms with van der Waals surface area (Å²) in [7, 11) is 0. The second kappa shape index (κ2) is 7.06. The predicted octanol–water partition coefficient (Wildman–Crippen LogP) is 10.3. The maximum Gasteiger partial charge on any atom is 0.0361 e. The lowest BCUT2D eigenvalue weighted by atomic mass is 9.81. The highest BCUT2D eigenvalue weighted by atomic mass is 32.1. The van der Waals surface area contributed by atoms with Crippen LogP contribution in [0.5, 0.6) is 0 Å². The Hall–Kier alpha value is -3.94. The van der Waals surface area contributed by atoms with Crippen LogP contribution in [0.25, 0.3) is 64.0 Å². The third-order valence-corrected chi connectivity index (χ3v) is 9.37. The number of thiophene rings is 1. The summed E-state index contributed by atoms with van der Waals surface area (Å²) in [6.45, 7) is 4.76. The van der Waals surface area contributed by atoms with E-state index in [1.54, 1.807) is 0 Å². The van der Waals surface area contributed by atoms with E-state index in [2.05, 4.69) is 123 Å². The molecule has 0 fully saturated rings. The van der Waals surface area contributed by atoms with E-state index in [4.69, 9.17) is 0 Å². The fraction of sp³-hybridized carbons (Fsp3) is 0.0857. The quantitative estimate of drug-likeness (QED) is 0.221. The molecule has 1 aromatic heterocycles. The Morgan fingerprint density at radius 1 is 0.500 bits per heavy atom. The van der Waals surface area contributed by atoms with Crippen LogP contribution < -0.4 is 0 Å². The topological polar surface area (TPSA) is 0 Å². The molecule has 0 unspecified atom stereocenters. The minimum atomic E-state index is -0.0443. The largest absolute Gasteiger partial charge is 0.135 e. The van der Waals surface area contributed by atoms with Crippen molar-refractivity contribution in [3.8, 4) is 22.3 Å². The molecule has 36 heavy (non-hydrogen) atoms. The molecule has 1 aliphatic carbocycles. The first-order valence-corrected chi connectivity index (χ1v) is 13.4. The molecule has 0 amide bonds. The normalized spacial score (nSPS) is 14.1. The molecule has 0 atom stereocenters. The molecule has 0 nitrogen and oxygen atoms in total. The summed E-state index contributed by atoms with van der Waals surface area (Å²) in [6.07, 6.45) is 0. The van der Waals surface area contributed by atoms with E-state index < -0.39 is 0 Å². The molecule has 0 radical (unpaired) electrons. The minimum Gasteiger partial charge on any atom is -0.135 e. The van der Waals surface area contributed by atoms with Crippen LogP contribution in [0.1, 0.15) is 25.0 Å². The molecule has 0 saturated carbocycles. The van der Waals surface area contributed by atoms with Crippen molar-refractivity contribution in [2.45, 2.75) is 19.3 Å². The summed E-state index contributed by atoms with van der Waals surface area (Å²) < 4.78 is 2.73. The Labute approximate surface area is 214 Å². The Kier molecular flexibility index (Phi) is 3.97. The predicted molar refractivity (Wildman–Crippen MR) is 157 cm³/mol. The molecule has 0 spiro atoms. The Morgan fingerprint density at radius 3 is 2.17 bits per heavy atom. The van der Waals surface area contributed by atoms with Crippen LogP contribution in [-0.4, -0.2) is 0 Å². The number of fused-ring (bicyclic) bond motifs is 9.